The summed E-state index contributed by atoms with van der Waals surface area (Å²) in [6, 6.07) is 7.53. The molecule has 1 atom stereocenters. The zero-order chi connectivity index (χ0) is 13.9. The highest BCUT2D eigenvalue weighted by molar-refractivity contribution is 5.81. The molecule has 1 amide bonds. The van der Waals surface area contributed by atoms with Crippen molar-refractivity contribution in [3.8, 4) is 17.2 Å². The van der Waals surface area contributed by atoms with Gasteiger partial charge < -0.3 is 14.5 Å². The van der Waals surface area contributed by atoms with Crippen LogP contribution < -0.4 is 10.1 Å². The van der Waals surface area contributed by atoms with Gasteiger partial charge in [-0.15, -0.1) is 10.2 Å². The van der Waals surface area contributed by atoms with E-state index in [0.29, 0.717) is 17.7 Å². The Morgan fingerprint density at radius 2 is 2.15 bits per heavy atom. The van der Waals surface area contributed by atoms with Gasteiger partial charge in [0.1, 0.15) is 5.75 Å². The molecule has 1 aromatic heterocycles. The Morgan fingerprint density at radius 3 is 2.75 bits per heavy atom. The van der Waals surface area contributed by atoms with Crippen LogP contribution in [0.4, 0.5) is 0 Å². The Kier molecular flexibility index (Phi) is 3.37. The van der Waals surface area contributed by atoms with E-state index in [1.807, 2.05) is 12.1 Å². The fraction of sp³-hybridized carbons (Fsp3) is 0.357. The Balaban J connectivity index is 1.61. The molecule has 1 aliphatic carbocycles. The molecule has 1 saturated carbocycles. The van der Waals surface area contributed by atoms with Gasteiger partial charge in [-0.25, -0.2) is 0 Å². The quantitative estimate of drug-likeness (QED) is 0.898. The molecular weight excluding hydrogens is 258 g/mol. The summed E-state index contributed by atoms with van der Waals surface area (Å²) in [5.74, 6) is 1.01. The van der Waals surface area contributed by atoms with Crippen molar-refractivity contribution in [1.29, 1.82) is 0 Å². The topological polar surface area (TPSA) is 77.2 Å². The summed E-state index contributed by atoms with van der Waals surface area (Å²) in [5, 5.41) is 10.4. The summed E-state index contributed by atoms with van der Waals surface area (Å²) in [6.45, 7) is 1.74. The fourth-order valence-electron chi connectivity index (χ4n) is 1.78. The Hall–Kier alpha value is -2.37. The first-order valence-corrected chi connectivity index (χ1v) is 6.56. The molecule has 6 nitrogen and oxygen atoms in total. The molecule has 20 heavy (non-hydrogen) atoms. The molecule has 2 aromatic rings. The average molecular weight is 273 g/mol. The van der Waals surface area contributed by atoms with E-state index in [-0.39, 0.29) is 5.91 Å². The number of nitrogens with zero attached hydrogens (tertiary/aromatic N) is 2. The summed E-state index contributed by atoms with van der Waals surface area (Å²) >= 11 is 0. The predicted molar refractivity (Wildman–Crippen MR) is 71.0 cm³/mol. The lowest BCUT2D eigenvalue weighted by Crippen LogP contribution is -2.37. The van der Waals surface area contributed by atoms with Gasteiger partial charge in [0.05, 0.1) is 0 Å². The second-order valence-corrected chi connectivity index (χ2v) is 4.81. The van der Waals surface area contributed by atoms with Crippen molar-refractivity contribution in [2.45, 2.75) is 31.9 Å². The van der Waals surface area contributed by atoms with E-state index in [0.717, 1.165) is 18.4 Å². The molecule has 1 N–H and O–H groups in total. The maximum absolute atomic E-state index is 11.8. The molecule has 0 saturated heterocycles. The van der Waals surface area contributed by atoms with Crippen molar-refractivity contribution in [3.05, 3.63) is 30.7 Å². The van der Waals surface area contributed by atoms with Gasteiger partial charge in [-0.3, -0.25) is 4.79 Å². The minimum Gasteiger partial charge on any atom is -0.481 e. The molecule has 0 spiro atoms. The fourth-order valence-corrected chi connectivity index (χ4v) is 1.78. The molecule has 0 radical (unpaired) electrons. The number of amides is 1. The lowest BCUT2D eigenvalue weighted by atomic mass is 10.2. The van der Waals surface area contributed by atoms with E-state index in [1.54, 1.807) is 19.1 Å². The summed E-state index contributed by atoms with van der Waals surface area (Å²) in [4.78, 5) is 11.8. The highest BCUT2D eigenvalue weighted by Gasteiger charge is 2.26. The predicted octanol–water partition coefficient (Wildman–Crippen LogP) is 1.78. The minimum atomic E-state index is -0.509. The van der Waals surface area contributed by atoms with Crippen LogP contribution in [0.5, 0.6) is 5.75 Å². The third-order valence-electron chi connectivity index (χ3n) is 3.07. The van der Waals surface area contributed by atoms with Crippen LogP contribution in [0.15, 0.2) is 35.1 Å². The normalized spacial score (nSPS) is 15.7. The van der Waals surface area contributed by atoms with Crippen molar-refractivity contribution in [2.75, 3.05) is 0 Å². The monoisotopic (exact) mass is 273 g/mol. The van der Waals surface area contributed by atoms with Crippen LogP contribution in [-0.2, 0) is 4.79 Å². The van der Waals surface area contributed by atoms with Crippen LogP contribution >= 0.6 is 0 Å². The largest absolute Gasteiger partial charge is 0.481 e. The highest BCUT2D eigenvalue weighted by Crippen LogP contribution is 2.22. The molecule has 104 valence electrons. The van der Waals surface area contributed by atoms with Crippen molar-refractivity contribution in [2.24, 2.45) is 0 Å². The molecule has 0 aliphatic heterocycles. The number of carbonyl (C=O) groups is 1. The number of ether oxygens (including phenoxy) is 1. The van der Waals surface area contributed by atoms with Gasteiger partial charge in [0, 0.05) is 11.6 Å². The lowest BCUT2D eigenvalue weighted by Gasteiger charge is -2.14. The van der Waals surface area contributed by atoms with Gasteiger partial charge in [-0.1, -0.05) is 0 Å². The second kappa shape index (κ2) is 5.32. The maximum Gasteiger partial charge on any atom is 0.260 e. The molecule has 6 heteroatoms. The first-order chi connectivity index (χ1) is 9.72. The standard InChI is InChI=1S/C14H15N3O3/c1-9(13(18)16-11-4-5-11)20-12-6-2-10(3-7-12)14-17-15-8-19-14/h2-3,6-9,11H,4-5H2,1H3,(H,16,18)/t9-/m0/s1. The Bertz CT molecular complexity index is 576. The number of carbonyl (C=O) groups excluding carboxylic acids is 1. The van der Waals surface area contributed by atoms with Gasteiger partial charge in [-0.05, 0) is 44.0 Å². The first kappa shape index (κ1) is 12.7. The van der Waals surface area contributed by atoms with Crippen LogP contribution in [0.2, 0.25) is 0 Å². The smallest absolute Gasteiger partial charge is 0.260 e. The van der Waals surface area contributed by atoms with Gasteiger partial charge in [0.2, 0.25) is 12.3 Å². The van der Waals surface area contributed by atoms with Crippen LogP contribution in [-0.4, -0.2) is 28.3 Å². The summed E-state index contributed by atoms with van der Waals surface area (Å²) in [7, 11) is 0. The number of rotatable bonds is 5. The molecule has 3 rings (SSSR count). The van der Waals surface area contributed by atoms with E-state index in [2.05, 4.69) is 15.5 Å². The average Bonchev–Trinajstić information content (AvgIpc) is 3.10. The van der Waals surface area contributed by atoms with E-state index in [1.165, 1.54) is 6.39 Å². The van der Waals surface area contributed by atoms with Crippen molar-refractivity contribution in [1.82, 2.24) is 15.5 Å². The van der Waals surface area contributed by atoms with Gasteiger partial charge >= 0.3 is 0 Å². The van der Waals surface area contributed by atoms with Crippen molar-refractivity contribution >= 4 is 5.91 Å². The molecule has 1 fully saturated rings. The van der Waals surface area contributed by atoms with Gasteiger partial charge in [0.25, 0.3) is 5.91 Å². The molecule has 1 aliphatic rings. The maximum atomic E-state index is 11.8. The minimum absolute atomic E-state index is 0.0755. The summed E-state index contributed by atoms with van der Waals surface area (Å²) in [5.41, 5.74) is 0.810. The Labute approximate surface area is 116 Å². The highest BCUT2D eigenvalue weighted by atomic mass is 16.5. The molecule has 1 heterocycles. The zero-order valence-corrected chi connectivity index (χ0v) is 11.1. The van der Waals surface area contributed by atoms with Crippen LogP contribution in [0.25, 0.3) is 11.5 Å². The zero-order valence-electron chi connectivity index (χ0n) is 11.1. The van der Waals surface area contributed by atoms with Crippen LogP contribution in [0, 0.1) is 0 Å². The molecule has 1 aromatic carbocycles. The van der Waals surface area contributed by atoms with E-state index in [9.17, 15) is 4.79 Å². The van der Waals surface area contributed by atoms with Crippen molar-refractivity contribution < 1.29 is 13.9 Å². The first-order valence-electron chi connectivity index (χ1n) is 6.56. The molecular formula is C14H15N3O3. The summed E-state index contributed by atoms with van der Waals surface area (Å²) < 4.78 is 10.7. The summed E-state index contributed by atoms with van der Waals surface area (Å²) in [6.07, 6.45) is 2.91. The Morgan fingerprint density at radius 1 is 1.40 bits per heavy atom. The van der Waals surface area contributed by atoms with E-state index < -0.39 is 6.10 Å². The van der Waals surface area contributed by atoms with Crippen molar-refractivity contribution in [3.63, 3.8) is 0 Å². The SMILES string of the molecule is C[C@H](Oc1ccc(-c2nnco2)cc1)C(=O)NC1CC1. The molecule has 0 unspecified atom stereocenters. The van der Waals surface area contributed by atoms with E-state index >= 15 is 0 Å². The molecule has 0 bridgehead atoms. The number of hydrogen-bond donors (Lipinski definition) is 1. The van der Waals surface area contributed by atoms with Gasteiger partial charge in [0.15, 0.2) is 6.10 Å². The second-order valence-electron chi connectivity index (χ2n) is 4.81. The number of hydrogen-bond acceptors (Lipinski definition) is 5. The van der Waals surface area contributed by atoms with E-state index in [4.69, 9.17) is 9.15 Å². The number of nitrogens with one attached hydrogen (secondary N) is 1. The number of benzene rings is 1. The van der Waals surface area contributed by atoms with Crippen LogP contribution in [0.3, 0.4) is 0 Å². The van der Waals surface area contributed by atoms with Gasteiger partial charge in [-0.2, -0.15) is 0 Å². The lowest BCUT2D eigenvalue weighted by molar-refractivity contribution is -0.127. The third kappa shape index (κ3) is 2.96. The number of aromatic nitrogens is 2. The van der Waals surface area contributed by atoms with Crippen LogP contribution in [0.1, 0.15) is 19.8 Å². The third-order valence-corrected chi connectivity index (χ3v) is 3.07.